The minimum Gasteiger partial charge on any atom is -0.492 e. The zero-order chi connectivity index (χ0) is 16.9. The Kier molecular flexibility index (Phi) is 6.20. The number of nitrogens with one attached hydrogen (secondary N) is 1. The highest BCUT2D eigenvalue weighted by Gasteiger charge is 2.17. The van der Waals surface area contributed by atoms with Crippen LogP contribution in [0, 0.1) is 0 Å². The van der Waals surface area contributed by atoms with Gasteiger partial charge in [-0.15, -0.1) is 0 Å². The van der Waals surface area contributed by atoms with Gasteiger partial charge in [0.05, 0.1) is 10.7 Å². The fourth-order valence-corrected chi connectivity index (χ4v) is 2.67. The monoisotopic (exact) mass is 351 g/mol. The predicted molar refractivity (Wildman–Crippen MR) is 100 cm³/mol. The van der Waals surface area contributed by atoms with E-state index in [0.717, 1.165) is 17.9 Å². The molecule has 0 spiro atoms. The Labute approximate surface area is 148 Å². The summed E-state index contributed by atoms with van der Waals surface area (Å²) in [5, 5.41) is 4.49. The SMILES string of the molecule is CCC(C)(C)c1ccc(OCCNc2ccc(Cl)cc2Cl)cc1. The molecule has 0 aliphatic heterocycles. The molecule has 0 amide bonds. The second-order valence-electron chi connectivity index (χ2n) is 6.16. The number of ether oxygens (including phenoxy) is 1. The smallest absolute Gasteiger partial charge is 0.119 e. The highest BCUT2D eigenvalue weighted by molar-refractivity contribution is 6.36. The Morgan fingerprint density at radius 3 is 2.35 bits per heavy atom. The van der Waals surface area contributed by atoms with Crippen LogP contribution in [0.5, 0.6) is 5.75 Å². The molecule has 0 fully saturated rings. The highest BCUT2D eigenvalue weighted by Crippen LogP contribution is 2.28. The van der Waals surface area contributed by atoms with Gasteiger partial charge < -0.3 is 10.1 Å². The fraction of sp³-hybridized carbons (Fsp3) is 0.368. The van der Waals surface area contributed by atoms with Crippen LogP contribution < -0.4 is 10.1 Å². The second kappa shape index (κ2) is 7.94. The Balaban J connectivity index is 1.82. The van der Waals surface area contributed by atoms with E-state index in [0.29, 0.717) is 23.2 Å². The molecule has 0 saturated heterocycles. The summed E-state index contributed by atoms with van der Waals surface area (Å²) in [6.07, 6.45) is 1.11. The van der Waals surface area contributed by atoms with Gasteiger partial charge in [-0.1, -0.05) is 56.1 Å². The van der Waals surface area contributed by atoms with E-state index in [-0.39, 0.29) is 5.41 Å². The summed E-state index contributed by atoms with van der Waals surface area (Å²) in [5.74, 6) is 0.879. The number of anilines is 1. The third-order valence-electron chi connectivity index (χ3n) is 4.14. The molecule has 0 aliphatic rings. The van der Waals surface area contributed by atoms with E-state index < -0.39 is 0 Å². The summed E-state index contributed by atoms with van der Waals surface area (Å²) in [6.45, 7) is 7.95. The van der Waals surface area contributed by atoms with E-state index in [4.69, 9.17) is 27.9 Å². The van der Waals surface area contributed by atoms with Crippen LogP contribution in [-0.4, -0.2) is 13.2 Å². The Morgan fingerprint density at radius 2 is 1.74 bits per heavy atom. The van der Waals surface area contributed by atoms with Crippen molar-refractivity contribution in [2.24, 2.45) is 0 Å². The van der Waals surface area contributed by atoms with Crippen LogP contribution in [0.15, 0.2) is 42.5 Å². The fourth-order valence-electron chi connectivity index (χ4n) is 2.19. The van der Waals surface area contributed by atoms with Gasteiger partial charge in [0.15, 0.2) is 0 Å². The molecule has 2 rings (SSSR count). The van der Waals surface area contributed by atoms with Crippen LogP contribution in [-0.2, 0) is 5.41 Å². The van der Waals surface area contributed by atoms with Gasteiger partial charge in [-0.3, -0.25) is 0 Å². The number of halogens is 2. The van der Waals surface area contributed by atoms with Crippen molar-refractivity contribution in [2.45, 2.75) is 32.6 Å². The van der Waals surface area contributed by atoms with Crippen LogP contribution in [0.4, 0.5) is 5.69 Å². The van der Waals surface area contributed by atoms with Crippen LogP contribution in [0.1, 0.15) is 32.8 Å². The van der Waals surface area contributed by atoms with Gasteiger partial charge in [0, 0.05) is 11.6 Å². The van der Waals surface area contributed by atoms with Crippen molar-refractivity contribution in [1.29, 1.82) is 0 Å². The summed E-state index contributed by atoms with van der Waals surface area (Å²) in [5.41, 5.74) is 2.39. The number of benzene rings is 2. The van der Waals surface area contributed by atoms with E-state index in [9.17, 15) is 0 Å². The molecule has 4 heteroatoms. The maximum absolute atomic E-state index is 6.11. The quantitative estimate of drug-likeness (QED) is 0.602. The average molecular weight is 352 g/mol. The van der Waals surface area contributed by atoms with Gasteiger partial charge in [0.2, 0.25) is 0 Å². The average Bonchev–Trinajstić information content (AvgIpc) is 2.53. The van der Waals surface area contributed by atoms with Crippen molar-refractivity contribution in [3.8, 4) is 5.75 Å². The van der Waals surface area contributed by atoms with Crippen molar-refractivity contribution in [3.05, 3.63) is 58.1 Å². The van der Waals surface area contributed by atoms with E-state index in [2.05, 4.69) is 38.2 Å². The van der Waals surface area contributed by atoms with Crippen molar-refractivity contribution in [2.75, 3.05) is 18.5 Å². The van der Waals surface area contributed by atoms with Gasteiger partial charge in [-0.05, 0) is 47.7 Å². The first kappa shape index (κ1) is 18.0. The zero-order valence-corrected chi connectivity index (χ0v) is 15.3. The lowest BCUT2D eigenvalue weighted by atomic mass is 9.82. The molecule has 0 heterocycles. The maximum Gasteiger partial charge on any atom is 0.119 e. The van der Waals surface area contributed by atoms with Crippen LogP contribution >= 0.6 is 23.2 Å². The van der Waals surface area contributed by atoms with Gasteiger partial charge in [0.25, 0.3) is 0 Å². The number of rotatable bonds is 7. The molecule has 2 aromatic carbocycles. The van der Waals surface area contributed by atoms with E-state index in [1.807, 2.05) is 24.3 Å². The van der Waals surface area contributed by atoms with E-state index in [1.165, 1.54) is 5.56 Å². The van der Waals surface area contributed by atoms with Gasteiger partial charge in [-0.25, -0.2) is 0 Å². The molecule has 0 bridgehead atoms. The molecule has 0 atom stereocenters. The lowest BCUT2D eigenvalue weighted by molar-refractivity contribution is 0.332. The molecule has 23 heavy (non-hydrogen) atoms. The van der Waals surface area contributed by atoms with Crippen molar-refractivity contribution >= 4 is 28.9 Å². The van der Waals surface area contributed by atoms with E-state index in [1.54, 1.807) is 6.07 Å². The first-order chi connectivity index (χ1) is 10.9. The lowest BCUT2D eigenvalue weighted by Gasteiger charge is -2.23. The predicted octanol–water partition coefficient (Wildman–Crippen LogP) is 6.17. The van der Waals surface area contributed by atoms with E-state index >= 15 is 0 Å². The number of hydrogen-bond acceptors (Lipinski definition) is 2. The zero-order valence-electron chi connectivity index (χ0n) is 13.8. The molecule has 2 nitrogen and oxygen atoms in total. The van der Waals surface area contributed by atoms with Crippen LogP contribution in [0.25, 0.3) is 0 Å². The molecule has 124 valence electrons. The Morgan fingerprint density at radius 1 is 1.04 bits per heavy atom. The molecule has 1 N–H and O–H groups in total. The molecular weight excluding hydrogens is 329 g/mol. The standard InChI is InChI=1S/C19H23Cl2NO/c1-4-19(2,3)14-5-8-16(9-6-14)23-12-11-22-18-10-7-15(20)13-17(18)21/h5-10,13,22H,4,11-12H2,1-3H3. The topological polar surface area (TPSA) is 21.3 Å². The third-order valence-corrected chi connectivity index (χ3v) is 4.68. The third kappa shape index (κ3) is 5.05. The summed E-state index contributed by atoms with van der Waals surface area (Å²) < 4.78 is 5.76. The normalized spacial score (nSPS) is 11.3. The van der Waals surface area contributed by atoms with Gasteiger partial charge in [0.1, 0.15) is 12.4 Å². The summed E-state index contributed by atoms with van der Waals surface area (Å²) >= 11 is 12.0. The van der Waals surface area contributed by atoms with Crippen molar-refractivity contribution < 1.29 is 4.74 Å². The molecular formula is C19H23Cl2NO. The van der Waals surface area contributed by atoms with Crippen LogP contribution in [0.2, 0.25) is 10.0 Å². The number of hydrogen-bond donors (Lipinski definition) is 1. The van der Waals surface area contributed by atoms with Gasteiger partial charge >= 0.3 is 0 Å². The largest absolute Gasteiger partial charge is 0.492 e. The van der Waals surface area contributed by atoms with Crippen molar-refractivity contribution in [1.82, 2.24) is 0 Å². The van der Waals surface area contributed by atoms with Crippen LogP contribution in [0.3, 0.4) is 0 Å². The van der Waals surface area contributed by atoms with Gasteiger partial charge in [-0.2, -0.15) is 0 Å². The second-order valence-corrected chi connectivity index (χ2v) is 7.00. The Hall–Kier alpha value is -1.38. The molecule has 2 aromatic rings. The molecule has 0 aromatic heterocycles. The maximum atomic E-state index is 6.11. The highest BCUT2D eigenvalue weighted by atomic mass is 35.5. The molecule has 0 aliphatic carbocycles. The lowest BCUT2D eigenvalue weighted by Crippen LogP contribution is -2.15. The summed E-state index contributed by atoms with van der Waals surface area (Å²) in [6, 6.07) is 13.7. The first-order valence-electron chi connectivity index (χ1n) is 7.84. The molecule has 0 unspecified atom stereocenters. The van der Waals surface area contributed by atoms with Crippen molar-refractivity contribution in [3.63, 3.8) is 0 Å². The first-order valence-corrected chi connectivity index (χ1v) is 8.60. The molecule has 0 saturated carbocycles. The Bertz CT molecular complexity index is 638. The minimum absolute atomic E-state index is 0.200. The summed E-state index contributed by atoms with van der Waals surface area (Å²) in [7, 11) is 0. The summed E-state index contributed by atoms with van der Waals surface area (Å²) in [4.78, 5) is 0. The molecule has 0 radical (unpaired) electrons. The minimum atomic E-state index is 0.200.